The summed E-state index contributed by atoms with van der Waals surface area (Å²) in [6.07, 6.45) is 3.73. The van der Waals surface area contributed by atoms with Crippen LogP contribution in [-0.2, 0) is 13.1 Å². The van der Waals surface area contributed by atoms with E-state index < -0.39 is 10.7 Å². The Morgan fingerprint density at radius 3 is 2.90 bits per heavy atom. The zero-order valence-electron chi connectivity index (χ0n) is 11.2. The molecule has 1 N–H and O–H groups in total. The van der Waals surface area contributed by atoms with Gasteiger partial charge in [-0.1, -0.05) is 6.92 Å². The Kier molecular flexibility index (Phi) is 4.47. The number of nitro benzene ring substituents is 1. The summed E-state index contributed by atoms with van der Waals surface area (Å²) in [6.45, 7) is 3.92. The molecule has 0 unspecified atom stereocenters. The zero-order chi connectivity index (χ0) is 14.5. The van der Waals surface area contributed by atoms with E-state index in [4.69, 9.17) is 0 Å². The first-order valence-corrected chi connectivity index (χ1v) is 6.38. The van der Waals surface area contributed by atoms with Crippen LogP contribution in [0.1, 0.15) is 18.1 Å². The monoisotopic (exact) mass is 277 g/mol. The predicted octanol–water partition coefficient (Wildman–Crippen LogP) is 2.69. The molecule has 0 aliphatic rings. The number of nitrogens with one attached hydrogen (secondary N) is 1. The second kappa shape index (κ2) is 6.29. The van der Waals surface area contributed by atoms with Gasteiger partial charge in [0.25, 0.3) is 5.69 Å². The molecule has 6 heteroatoms. The van der Waals surface area contributed by atoms with Crippen LogP contribution in [-0.4, -0.2) is 16.0 Å². The Labute approximate surface area is 116 Å². The van der Waals surface area contributed by atoms with Gasteiger partial charge in [0.05, 0.1) is 17.0 Å². The molecular weight excluding hydrogens is 261 g/mol. The van der Waals surface area contributed by atoms with Gasteiger partial charge >= 0.3 is 0 Å². The lowest BCUT2D eigenvalue weighted by Crippen LogP contribution is -2.11. The molecule has 2 aromatic rings. The molecule has 1 aromatic carbocycles. The lowest BCUT2D eigenvalue weighted by atomic mass is 10.1. The average Bonchev–Trinajstić information content (AvgIpc) is 2.83. The van der Waals surface area contributed by atoms with E-state index in [1.807, 2.05) is 30.0 Å². The number of rotatable bonds is 6. The van der Waals surface area contributed by atoms with Crippen molar-refractivity contribution in [1.82, 2.24) is 9.88 Å². The molecule has 0 radical (unpaired) electrons. The summed E-state index contributed by atoms with van der Waals surface area (Å²) in [5.41, 5.74) is 1.39. The van der Waals surface area contributed by atoms with E-state index in [0.29, 0.717) is 5.56 Å². The van der Waals surface area contributed by atoms with Crippen LogP contribution in [0.2, 0.25) is 0 Å². The van der Waals surface area contributed by atoms with Crippen molar-refractivity contribution in [3.63, 3.8) is 0 Å². The van der Waals surface area contributed by atoms with E-state index in [1.54, 1.807) is 0 Å². The lowest BCUT2D eigenvalue weighted by molar-refractivity contribution is -0.385. The molecule has 0 amide bonds. The molecule has 0 saturated heterocycles. The van der Waals surface area contributed by atoms with Crippen LogP contribution in [0, 0.1) is 15.9 Å². The van der Waals surface area contributed by atoms with Crippen molar-refractivity contribution in [1.29, 1.82) is 0 Å². The van der Waals surface area contributed by atoms with Gasteiger partial charge in [-0.3, -0.25) is 10.1 Å². The van der Waals surface area contributed by atoms with Crippen LogP contribution in [0.4, 0.5) is 10.1 Å². The molecule has 1 aromatic heterocycles. The maximum Gasteiger partial charge on any atom is 0.274 e. The van der Waals surface area contributed by atoms with Crippen molar-refractivity contribution in [2.24, 2.45) is 0 Å². The second-order valence-corrected chi connectivity index (χ2v) is 4.50. The van der Waals surface area contributed by atoms with E-state index in [-0.39, 0.29) is 12.2 Å². The fourth-order valence-corrected chi connectivity index (χ4v) is 2.02. The molecular formula is C14H16FN3O2. The molecule has 5 nitrogen and oxygen atoms in total. The predicted molar refractivity (Wildman–Crippen MR) is 74.0 cm³/mol. The van der Waals surface area contributed by atoms with Crippen molar-refractivity contribution in [2.75, 3.05) is 6.54 Å². The smallest absolute Gasteiger partial charge is 0.274 e. The normalized spacial score (nSPS) is 10.7. The molecule has 0 saturated carbocycles. The van der Waals surface area contributed by atoms with Gasteiger partial charge < -0.3 is 9.88 Å². The SMILES string of the molecule is CCNCc1ccn(Cc2cc(F)ccc2[N+](=O)[O-])c1. The molecule has 0 aliphatic carbocycles. The Bertz CT molecular complexity index is 610. The second-order valence-electron chi connectivity index (χ2n) is 4.50. The molecule has 0 bridgehead atoms. The molecule has 0 spiro atoms. The minimum absolute atomic E-state index is 0.0617. The van der Waals surface area contributed by atoms with Crippen LogP contribution in [0.3, 0.4) is 0 Å². The van der Waals surface area contributed by atoms with Crippen LogP contribution < -0.4 is 5.32 Å². The van der Waals surface area contributed by atoms with Crippen molar-refractivity contribution in [3.8, 4) is 0 Å². The molecule has 2 rings (SSSR count). The lowest BCUT2D eigenvalue weighted by Gasteiger charge is -2.05. The summed E-state index contributed by atoms with van der Waals surface area (Å²) in [5, 5.41) is 14.1. The van der Waals surface area contributed by atoms with Crippen LogP contribution >= 0.6 is 0 Å². The Morgan fingerprint density at radius 2 is 2.20 bits per heavy atom. The van der Waals surface area contributed by atoms with Crippen molar-refractivity contribution in [2.45, 2.75) is 20.0 Å². The summed E-state index contributed by atoms with van der Waals surface area (Å²) in [6, 6.07) is 5.46. The van der Waals surface area contributed by atoms with E-state index in [0.717, 1.165) is 24.7 Å². The van der Waals surface area contributed by atoms with Gasteiger partial charge in [-0.15, -0.1) is 0 Å². The topological polar surface area (TPSA) is 60.1 Å². The third-order valence-corrected chi connectivity index (χ3v) is 2.98. The standard InChI is InChI=1S/C14H16FN3O2/c1-2-16-8-11-5-6-17(9-11)10-12-7-13(15)3-4-14(12)18(19)20/h3-7,9,16H,2,8,10H2,1H3. The Hall–Kier alpha value is -2.21. The van der Waals surface area contributed by atoms with E-state index >= 15 is 0 Å². The number of nitrogens with zero attached hydrogens (tertiary/aromatic N) is 2. The molecule has 0 fully saturated rings. The zero-order valence-corrected chi connectivity index (χ0v) is 11.2. The maximum atomic E-state index is 13.2. The summed E-state index contributed by atoms with van der Waals surface area (Å²) in [5.74, 6) is -0.467. The summed E-state index contributed by atoms with van der Waals surface area (Å²) in [4.78, 5) is 10.4. The highest BCUT2D eigenvalue weighted by Gasteiger charge is 2.14. The number of aromatic nitrogens is 1. The van der Waals surface area contributed by atoms with Crippen molar-refractivity contribution >= 4 is 5.69 Å². The Morgan fingerprint density at radius 1 is 1.40 bits per heavy atom. The first-order chi connectivity index (χ1) is 9.60. The largest absolute Gasteiger partial charge is 0.349 e. The van der Waals surface area contributed by atoms with Gasteiger partial charge in [-0.25, -0.2) is 4.39 Å². The highest BCUT2D eigenvalue weighted by molar-refractivity contribution is 5.40. The number of nitro groups is 1. The van der Waals surface area contributed by atoms with Crippen molar-refractivity contribution in [3.05, 3.63) is 63.7 Å². The van der Waals surface area contributed by atoms with Crippen LogP contribution in [0.25, 0.3) is 0 Å². The van der Waals surface area contributed by atoms with Gasteiger partial charge in [-0.05, 0) is 30.3 Å². The molecule has 1 heterocycles. The molecule has 106 valence electrons. The van der Waals surface area contributed by atoms with Crippen molar-refractivity contribution < 1.29 is 9.31 Å². The summed E-state index contributed by atoms with van der Waals surface area (Å²) < 4.78 is 15.1. The maximum absolute atomic E-state index is 13.2. The van der Waals surface area contributed by atoms with Gasteiger partial charge in [0.15, 0.2) is 0 Å². The number of halogens is 1. The first-order valence-electron chi connectivity index (χ1n) is 6.38. The van der Waals surface area contributed by atoms with Gasteiger partial charge in [0, 0.05) is 25.0 Å². The average molecular weight is 277 g/mol. The Balaban J connectivity index is 2.19. The number of benzene rings is 1. The number of hydrogen-bond donors (Lipinski definition) is 1. The minimum atomic E-state index is -0.488. The minimum Gasteiger partial charge on any atom is -0.349 e. The van der Waals surface area contributed by atoms with E-state index in [2.05, 4.69) is 5.32 Å². The third kappa shape index (κ3) is 3.42. The van der Waals surface area contributed by atoms with Gasteiger partial charge in [0.2, 0.25) is 0 Å². The fraction of sp³-hybridized carbons (Fsp3) is 0.286. The van der Waals surface area contributed by atoms with Gasteiger partial charge in [-0.2, -0.15) is 0 Å². The van der Waals surface area contributed by atoms with Crippen LogP contribution in [0.5, 0.6) is 0 Å². The van der Waals surface area contributed by atoms with Crippen LogP contribution in [0.15, 0.2) is 36.7 Å². The van der Waals surface area contributed by atoms with E-state index in [9.17, 15) is 14.5 Å². The molecule has 0 atom stereocenters. The fourth-order valence-electron chi connectivity index (χ4n) is 2.02. The highest BCUT2D eigenvalue weighted by atomic mass is 19.1. The van der Waals surface area contributed by atoms with E-state index in [1.165, 1.54) is 12.1 Å². The van der Waals surface area contributed by atoms with Gasteiger partial charge in [0.1, 0.15) is 5.82 Å². The molecule has 20 heavy (non-hydrogen) atoms. The quantitative estimate of drug-likeness (QED) is 0.652. The first kappa shape index (κ1) is 14.2. The summed E-state index contributed by atoms with van der Waals surface area (Å²) >= 11 is 0. The third-order valence-electron chi connectivity index (χ3n) is 2.98. The summed E-state index contributed by atoms with van der Waals surface area (Å²) in [7, 11) is 0. The molecule has 0 aliphatic heterocycles. The number of hydrogen-bond acceptors (Lipinski definition) is 3. The highest BCUT2D eigenvalue weighted by Crippen LogP contribution is 2.21.